The number of hydrogen-bond acceptors (Lipinski definition) is 3. The Morgan fingerprint density at radius 1 is 1.24 bits per heavy atom. The van der Waals surface area contributed by atoms with E-state index in [4.69, 9.17) is 4.74 Å². The molecule has 0 bridgehead atoms. The molecule has 1 aromatic heterocycles. The van der Waals surface area contributed by atoms with E-state index >= 15 is 0 Å². The third kappa shape index (κ3) is 3.82. The Kier molecular flexibility index (Phi) is 5.77. The largest absolute Gasteiger partial charge is 0.484 e. The maximum Gasteiger partial charge on any atom is 0.137 e. The number of rotatable bonds is 2. The quantitative estimate of drug-likeness (QED) is 0.590. The summed E-state index contributed by atoms with van der Waals surface area (Å²) in [5.41, 5.74) is 1.35. The molecule has 2 aromatic rings. The maximum absolute atomic E-state index is 6.22. The molecule has 0 aliphatic carbocycles. The maximum atomic E-state index is 6.22. The van der Waals surface area contributed by atoms with Gasteiger partial charge in [0.05, 0.1) is 0 Å². The van der Waals surface area contributed by atoms with Crippen LogP contribution in [0.4, 0.5) is 0 Å². The molecule has 0 radical (unpaired) electrons. The van der Waals surface area contributed by atoms with Crippen molar-refractivity contribution in [1.29, 1.82) is 0 Å². The summed E-state index contributed by atoms with van der Waals surface area (Å²) < 4.78 is 8.27. The number of fused-ring (bicyclic) bond motifs is 1. The smallest absolute Gasteiger partial charge is 0.137 e. The normalized spacial score (nSPS) is 18.0. The zero-order valence-corrected chi connectivity index (χ0v) is 16.5. The molecule has 0 amide bonds. The van der Waals surface area contributed by atoms with Gasteiger partial charge in [-0.25, -0.2) is 0 Å². The summed E-state index contributed by atoms with van der Waals surface area (Å²) >= 11 is 8.88. The van der Waals surface area contributed by atoms with Gasteiger partial charge in [0.2, 0.25) is 0 Å². The van der Waals surface area contributed by atoms with E-state index in [9.17, 15) is 0 Å². The Balaban J connectivity index is 0.00000161. The zero-order chi connectivity index (χ0) is 14.3. The SMILES string of the molecule is Cc1cc2c(s1)CN(C)CC2Oc1ccc(Br)c(Br)c1.Cl. The predicted octanol–water partition coefficient (Wildman–Crippen LogP) is 5.57. The Labute approximate surface area is 152 Å². The fraction of sp³-hybridized carbons (Fsp3) is 0.333. The second-order valence-electron chi connectivity index (χ2n) is 5.11. The van der Waals surface area contributed by atoms with Gasteiger partial charge in [0.1, 0.15) is 11.9 Å². The standard InChI is InChI=1S/C15H15Br2NOS.ClH/c1-9-5-11-14(7-18(2)8-15(11)20-9)19-10-3-4-12(16)13(17)6-10;/h3-6,14H,7-8H2,1-2H3;1H. The number of benzene rings is 1. The van der Waals surface area contributed by atoms with Crippen LogP contribution >= 0.6 is 55.6 Å². The highest BCUT2D eigenvalue weighted by molar-refractivity contribution is 9.13. The molecule has 0 N–H and O–H groups in total. The Bertz CT molecular complexity index is 647. The summed E-state index contributed by atoms with van der Waals surface area (Å²) in [6, 6.07) is 8.29. The fourth-order valence-corrected chi connectivity index (χ4v) is 4.26. The molecule has 0 fully saturated rings. The average Bonchev–Trinajstić information content (AvgIpc) is 2.74. The van der Waals surface area contributed by atoms with Crippen LogP contribution in [-0.2, 0) is 6.54 Å². The minimum atomic E-state index is 0. The van der Waals surface area contributed by atoms with Gasteiger partial charge < -0.3 is 4.74 Å². The van der Waals surface area contributed by atoms with Crippen LogP contribution in [0.5, 0.6) is 5.75 Å². The van der Waals surface area contributed by atoms with Crippen LogP contribution in [0.1, 0.15) is 21.4 Å². The molecule has 1 unspecified atom stereocenters. The van der Waals surface area contributed by atoms with Crippen molar-refractivity contribution >= 4 is 55.6 Å². The van der Waals surface area contributed by atoms with E-state index in [-0.39, 0.29) is 18.5 Å². The molecule has 0 spiro atoms. The van der Waals surface area contributed by atoms with E-state index in [0.717, 1.165) is 27.8 Å². The van der Waals surface area contributed by atoms with E-state index in [1.165, 1.54) is 15.3 Å². The number of hydrogen-bond donors (Lipinski definition) is 0. The van der Waals surface area contributed by atoms with Crippen LogP contribution in [0, 0.1) is 6.92 Å². The molecule has 1 atom stereocenters. The summed E-state index contributed by atoms with van der Waals surface area (Å²) in [5, 5.41) is 0. The number of ether oxygens (including phenoxy) is 1. The van der Waals surface area contributed by atoms with Crippen LogP contribution < -0.4 is 4.74 Å². The van der Waals surface area contributed by atoms with Crippen LogP contribution in [0.2, 0.25) is 0 Å². The first-order chi connectivity index (χ1) is 9.52. The molecule has 0 saturated carbocycles. The third-order valence-electron chi connectivity index (χ3n) is 3.37. The highest BCUT2D eigenvalue weighted by Crippen LogP contribution is 2.36. The van der Waals surface area contributed by atoms with Crippen molar-refractivity contribution in [2.45, 2.75) is 19.6 Å². The van der Waals surface area contributed by atoms with Gasteiger partial charge in [0, 0.05) is 37.4 Å². The molecule has 1 aliphatic heterocycles. The number of aryl methyl sites for hydroxylation is 1. The van der Waals surface area contributed by atoms with Gasteiger partial charge in [-0.3, -0.25) is 4.90 Å². The third-order valence-corrected chi connectivity index (χ3v) is 6.30. The molecule has 1 aliphatic rings. The van der Waals surface area contributed by atoms with Crippen molar-refractivity contribution in [3.63, 3.8) is 0 Å². The molecular weight excluding hydrogens is 437 g/mol. The highest BCUT2D eigenvalue weighted by Gasteiger charge is 2.26. The van der Waals surface area contributed by atoms with E-state index in [1.54, 1.807) is 0 Å². The summed E-state index contributed by atoms with van der Waals surface area (Å²) in [5.74, 6) is 0.898. The van der Waals surface area contributed by atoms with Crippen molar-refractivity contribution in [2.75, 3.05) is 13.6 Å². The van der Waals surface area contributed by atoms with Crippen molar-refractivity contribution in [2.24, 2.45) is 0 Å². The van der Waals surface area contributed by atoms with Crippen LogP contribution in [-0.4, -0.2) is 18.5 Å². The number of halogens is 3. The number of thiophene rings is 1. The van der Waals surface area contributed by atoms with E-state index in [0.29, 0.717) is 0 Å². The molecule has 21 heavy (non-hydrogen) atoms. The molecule has 6 heteroatoms. The first-order valence-electron chi connectivity index (χ1n) is 6.42. The summed E-state index contributed by atoms with van der Waals surface area (Å²) in [7, 11) is 2.14. The minimum Gasteiger partial charge on any atom is -0.484 e. The van der Waals surface area contributed by atoms with Crippen molar-refractivity contribution < 1.29 is 4.74 Å². The average molecular weight is 454 g/mol. The van der Waals surface area contributed by atoms with Crippen LogP contribution in [0.15, 0.2) is 33.2 Å². The van der Waals surface area contributed by atoms with Crippen molar-refractivity contribution in [1.82, 2.24) is 4.90 Å². The fourth-order valence-electron chi connectivity index (χ4n) is 2.48. The molecular formula is C15H16Br2ClNOS. The lowest BCUT2D eigenvalue weighted by Crippen LogP contribution is -2.31. The van der Waals surface area contributed by atoms with Crippen molar-refractivity contribution in [3.8, 4) is 5.75 Å². The van der Waals surface area contributed by atoms with Gasteiger partial charge in [0.15, 0.2) is 0 Å². The van der Waals surface area contributed by atoms with E-state index < -0.39 is 0 Å². The monoisotopic (exact) mass is 451 g/mol. The molecule has 0 saturated heterocycles. The second-order valence-corrected chi connectivity index (χ2v) is 8.16. The van der Waals surface area contributed by atoms with Gasteiger partial charge in [-0.15, -0.1) is 23.7 Å². The predicted molar refractivity (Wildman–Crippen MR) is 97.8 cm³/mol. The van der Waals surface area contributed by atoms with Gasteiger partial charge in [-0.2, -0.15) is 0 Å². The molecule has 1 aromatic carbocycles. The number of nitrogens with zero attached hydrogens (tertiary/aromatic N) is 1. The van der Waals surface area contributed by atoms with Gasteiger partial charge in [-0.05, 0) is 70.1 Å². The lowest BCUT2D eigenvalue weighted by Gasteiger charge is -2.30. The van der Waals surface area contributed by atoms with Gasteiger partial charge in [-0.1, -0.05) is 0 Å². The van der Waals surface area contributed by atoms with Gasteiger partial charge in [0.25, 0.3) is 0 Å². The summed E-state index contributed by atoms with van der Waals surface area (Å²) in [4.78, 5) is 5.10. The summed E-state index contributed by atoms with van der Waals surface area (Å²) in [6.45, 7) is 4.12. The topological polar surface area (TPSA) is 12.5 Å². The van der Waals surface area contributed by atoms with Gasteiger partial charge >= 0.3 is 0 Å². The second kappa shape index (κ2) is 7.01. The number of likely N-dealkylation sites (N-methyl/N-ethyl adjacent to an activating group) is 1. The Hall–Kier alpha value is -0.0700. The van der Waals surface area contributed by atoms with E-state index in [2.05, 4.69) is 56.8 Å². The lowest BCUT2D eigenvalue weighted by atomic mass is 10.1. The zero-order valence-electron chi connectivity index (χ0n) is 11.7. The molecule has 114 valence electrons. The minimum absolute atomic E-state index is 0. The highest BCUT2D eigenvalue weighted by atomic mass is 79.9. The Morgan fingerprint density at radius 2 is 2.00 bits per heavy atom. The van der Waals surface area contributed by atoms with Crippen LogP contribution in [0.25, 0.3) is 0 Å². The lowest BCUT2D eigenvalue weighted by molar-refractivity contribution is 0.130. The first kappa shape index (κ1) is 17.3. The summed E-state index contributed by atoms with van der Waals surface area (Å²) in [6.07, 6.45) is 0.113. The Morgan fingerprint density at radius 3 is 2.71 bits per heavy atom. The first-order valence-corrected chi connectivity index (χ1v) is 8.82. The molecule has 3 rings (SSSR count). The van der Waals surface area contributed by atoms with E-state index in [1.807, 2.05) is 29.5 Å². The van der Waals surface area contributed by atoms with Crippen molar-refractivity contribution in [3.05, 3.63) is 48.5 Å². The van der Waals surface area contributed by atoms with Crippen LogP contribution in [0.3, 0.4) is 0 Å². The molecule has 2 heterocycles. The molecule has 2 nitrogen and oxygen atoms in total.